The predicted octanol–water partition coefficient (Wildman–Crippen LogP) is 8.31. The molecule has 46 heavy (non-hydrogen) atoms. The number of hydrogen-bond donors (Lipinski definition) is 3. The molecule has 0 saturated carbocycles. The van der Waals surface area contributed by atoms with Crippen molar-refractivity contribution in [2.24, 2.45) is 10.9 Å². The number of benzene rings is 2. The summed E-state index contributed by atoms with van der Waals surface area (Å²) in [5.41, 5.74) is 5.10. The fourth-order valence-corrected chi connectivity index (χ4v) is 6.87. The van der Waals surface area contributed by atoms with Gasteiger partial charge >= 0.3 is 0 Å². The number of allylic oxidation sites excluding steroid dienone is 5. The van der Waals surface area contributed by atoms with Gasteiger partial charge in [0.15, 0.2) is 10.8 Å². The molecule has 2 aromatic carbocycles. The Morgan fingerprint density at radius 2 is 2.04 bits per heavy atom. The van der Waals surface area contributed by atoms with Gasteiger partial charge in [-0.3, -0.25) is 4.99 Å². The van der Waals surface area contributed by atoms with Gasteiger partial charge in [-0.25, -0.2) is 13.8 Å². The van der Waals surface area contributed by atoms with Crippen LogP contribution < -0.4 is 5.32 Å². The molecule has 2 aliphatic rings. The van der Waals surface area contributed by atoms with Crippen LogP contribution in [0.3, 0.4) is 0 Å². The van der Waals surface area contributed by atoms with E-state index in [9.17, 15) is 8.78 Å². The number of thiazole rings is 1. The van der Waals surface area contributed by atoms with E-state index in [-0.39, 0.29) is 17.2 Å². The molecule has 3 atom stereocenters. The quantitative estimate of drug-likeness (QED) is 0.113. The van der Waals surface area contributed by atoms with Crippen LogP contribution in [0.1, 0.15) is 53.9 Å². The highest BCUT2D eigenvalue weighted by molar-refractivity contribution is 7.11. The Morgan fingerprint density at radius 1 is 1.20 bits per heavy atom. The molecule has 5 rings (SSSR count). The number of halogens is 3. The van der Waals surface area contributed by atoms with Crippen molar-refractivity contribution in [2.45, 2.75) is 51.2 Å². The van der Waals surface area contributed by atoms with Gasteiger partial charge in [0.05, 0.1) is 5.71 Å². The van der Waals surface area contributed by atoms with Crippen molar-refractivity contribution in [3.8, 4) is 0 Å². The molecule has 1 aromatic heterocycles. The summed E-state index contributed by atoms with van der Waals surface area (Å²) in [5, 5.41) is 22.8. The molecule has 0 aliphatic carbocycles. The molecular weight excluding hydrogens is 622 g/mol. The Hall–Kier alpha value is -3.79. The zero-order valence-electron chi connectivity index (χ0n) is 25.9. The Bertz CT molecular complexity index is 1650. The molecular formula is C36H39ClF2N6S. The van der Waals surface area contributed by atoms with Gasteiger partial charge in [-0.1, -0.05) is 54.1 Å². The number of fused-ring (bicyclic) bond motifs is 1. The van der Waals surface area contributed by atoms with E-state index in [0.717, 1.165) is 61.9 Å². The van der Waals surface area contributed by atoms with Crippen LogP contribution in [0.15, 0.2) is 94.6 Å². The molecule has 0 radical (unpaired) electrons. The molecule has 6 nitrogen and oxygen atoms in total. The zero-order valence-corrected chi connectivity index (χ0v) is 27.4. The third-order valence-electron chi connectivity index (χ3n) is 8.15. The second kappa shape index (κ2) is 16.2. The smallest absolute Gasteiger partial charge is 0.165 e. The molecule has 1 fully saturated rings. The van der Waals surface area contributed by atoms with Crippen molar-refractivity contribution in [3.05, 3.63) is 122 Å². The van der Waals surface area contributed by atoms with Gasteiger partial charge in [-0.05, 0) is 93.4 Å². The molecule has 2 aliphatic heterocycles. The average Bonchev–Trinajstić information content (AvgIpc) is 3.71. The lowest BCUT2D eigenvalue weighted by atomic mass is 9.90. The number of hydrogen-bond acceptors (Lipinski definition) is 7. The average molecular weight is 661 g/mol. The van der Waals surface area contributed by atoms with Crippen LogP contribution in [0, 0.1) is 22.6 Å². The van der Waals surface area contributed by atoms with Crippen LogP contribution in [0.4, 0.5) is 8.78 Å². The predicted molar refractivity (Wildman–Crippen MR) is 186 cm³/mol. The fourth-order valence-electron chi connectivity index (χ4n) is 5.96. The maximum absolute atomic E-state index is 14.1. The Labute approximate surface area is 278 Å². The minimum Gasteiger partial charge on any atom is -0.327 e. The molecule has 0 bridgehead atoms. The first kappa shape index (κ1) is 33.6. The van der Waals surface area contributed by atoms with E-state index in [0.29, 0.717) is 17.1 Å². The largest absolute Gasteiger partial charge is 0.327 e. The number of nitrogens with one attached hydrogen (secondary N) is 3. The molecule has 240 valence electrons. The SMILES string of the molecule is CC(F)C/C=C\C(=N)C1=C2C[C@H](CCNCCc3cccc(C/C=C\C=N)c3)CN2C(c2nccs2)=N[C@H]1c1ccc(F)cc1Cl. The second-order valence-electron chi connectivity index (χ2n) is 11.6. The standard InChI is InChI=1S/C36H39ClF2N6S/c1-24(38)6-4-10-31(41)33-32-21-27(14-17-42-16-13-26-9-5-8-25(20-26)7-2-3-15-40)23-45(32)35(36-43-18-19-46-36)44-34(33)29-12-11-28(39)22-30(29)37/h2-5,8-12,15,18-20,22,24,27,34,40-42H,6-7,13-14,16-17,21,23H2,1H3/b3-2-,10-4-,40-15?,41-31?/t24?,27-,34-/m0/s1. The van der Waals surface area contributed by atoms with Crippen LogP contribution >= 0.6 is 22.9 Å². The summed E-state index contributed by atoms with van der Waals surface area (Å²) in [6.07, 6.45) is 12.8. The number of aliphatic imine (C=N–C) groups is 1. The summed E-state index contributed by atoms with van der Waals surface area (Å²) < 4.78 is 27.7. The van der Waals surface area contributed by atoms with Gasteiger partial charge < -0.3 is 21.0 Å². The van der Waals surface area contributed by atoms with Crippen LogP contribution in [-0.2, 0) is 12.8 Å². The monoisotopic (exact) mass is 660 g/mol. The normalized spacial score (nSPS) is 18.8. The number of rotatable bonds is 15. The number of alkyl halides is 1. The molecule has 10 heteroatoms. The first-order valence-electron chi connectivity index (χ1n) is 15.6. The lowest BCUT2D eigenvalue weighted by molar-refractivity contribution is 0.365. The second-order valence-corrected chi connectivity index (χ2v) is 12.9. The molecule has 0 amide bonds. The lowest BCUT2D eigenvalue weighted by Crippen LogP contribution is -2.35. The first-order valence-corrected chi connectivity index (χ1v) is 16.9. The van der Waals surface area contributed by atoms with Crippen molar-refractivity contribution >= 4 is 40.7 Å². The fraction of sp³-hybridized carbons (Fsp3) is 0.333. The Kier molecular flexibility index (Phi) is 11.8. The highest BCUT2D eigenvalue weighted by Crippen LogP contribution is 2.44. The number of amidine groups is 1. The molecule has 1 saturated heterocycles. The minimum atomic E-state index is -1.01. The summed E-state index contributed by atoms with van der Waals surface area (Å²) in [6.45, 7) is 3.96. The van der Waals surface area contributed by atoms with E-state index in [2.05, 4.69) is 39.5 Å². The Balaban J connectivity index is 1.34. The van der Waals surface area contributed by atoms with Crippen molar-refractivity contribution in [3.63, 3.8) is 0 Å². The van der Waals surface area contributed by atoms with Gasteiger partial charge in [0.1, 0.15) is 18.0 Å². The van der Waals surface area contributed by atoms with Crippen molar-refractivity contribution < 1.29 is 8.78 Å². The third kappa shape index (κ3) is 8.51. The number of aromatic nitrogens is 1. The molecule has 3 heterocycles. The lowest BCUT2D eigenvalue weighted by Gasteiger charge is -2.32. The van der Waals surface area contributed by atoms with Crippen LogP contribution in [0.2, 0.25) is 5.02 Å². The van der Waals surface area contributed by atoms with Gasteiger partial charge in [0.2, 0.25) is 0 Å². The third-order valence-corrected chi connectivity index (χ3v) is 9.25. The van der Waals surface area contributed by atoms with Gasteiger partial charge in [-0.2, -0.15) is 0 Å². The van der Waals surface area contributed by atoms with E-state index in [4.69, 9.17) is 27.4 Å². The highest BCUT2D eigenvalue weighted by atomic mass is 35.5. The van der Waals surface area contributed by atoms with Gasteiger partial charge in [-0.15, -0.1) is 11.3 Å². The van der Waals surface area contributed by atoms with E-state index in [1.807, 2.05) is 11.5 Å². The Morgan fingerprint density at radius 3 is 2.80 bits per heavy atom. The minimum absolute atomic E-state index is 0.213. The zero-order chi connectivity index (χ0) is 32.5. The van der Waals surface area contributed by atoms with Gasteiger partial charge in [0, 0.05) is 46.2 Å². The summed E-state index contributed by atoms with van der Waals surface area (Å²) >= 11 is 8.09. The van der Waals surface area contributed by atoms with Crippen molar-refractivity contribution in [1.82, 2.24) is 15.2 Å². The molecule has 3 N–H and O–H groups in total. The summed E-state index contributed by atoms with van der Waals surface area (Å²) in [7, 11) is 0. The van der Waals surface area contributed by atoms with Crippen molar-refractivity contribution in [1.29, 1.82) is 10.8 Å². The van der Waals surface area contributed by atoms with E-state index in [1.165, 1.54) is 47.7 Å². The summed E-state index contributed by atoms with van der Waals surface area (Å²) in [4.78, 5) is 11.9. The maximum Gasteiger partial charge on any atom is 0.165 e. The topological polar surface area (TPSA) is 88.2 Å². The van der Waals surface area contributed by atoms with Crippen molar-refractivity contribution in [2.75, 3.05) is 19.6 Å². The summed E-state index contributed by atoms with van der Waals surface area (Å²) in [6, 6.07) is 12.2. The van der Waals surface area contributed by atoms with E-state index >= 15 is 0 Å². The summed E-state index contributed by atoms with van der Waals surface area (Å²) in [5.74, 6) is 0.615. The molecule has 1 unspecified atom stereocenters. The van der Waals surface area contributed by atoms with E-state index < -0.39 is 18.0 Å². The van der Waals surface area contributed by atoms with Gasteiger partial charge in [0.25, 0.3) is 0 Å². The highest BCUT2D eigenvalue weighted by Gasteiger charge is 2.40. The number of nitrogens with zero attached hydrogens (tertiary/aromatic N) is 3. The molecule has 3 aromatic rings. The van der Waals surface area contributed by atoms with Crippen LogP contribution in [0.5, 0.6) is 0 Å². The first-order chi connectivity index (χ1) is 22.3. The molecule has 0 spiro atoms. The van der Waals surface area contributed by atoms with Crippen LogP contribution in [0.25, 0.3) is 0 Å². The maximum atomic E-state index is 14.1. The van der Waals surface area contributed by atoms with E-state index in [1.54, 1.807) is 30.5 Å². The van der Waals surface area contributed by atoms with Crippen LogP contribution in [-0.4, -0.2) is 53.5 Å².